The Morgan fingerprint density at radius 2 is 1.93 bits per heavy atom. The topological polar surface area (TPSA) is 66.9 Å². The molecule has 1 aromatic carbocycles. The molecule has 1 saturated heterocycles. The number of carbonyl (C=O) groups is 3. The second-order valence-corrected chi connectivity index (χ2v) is 9.98. The van der Waals surface area contributed by atoms with Crippen LogP contribution in [0, 0.1) is 0 Å². The molecule has 4 rings (SSSR count). The average molecular weight is 509 g/mol. The molecule has 1 saturated carbocycles. The number of halogens is 1. The molecule has 158 valence electrons. The van der Waals surface area contributed by atoms with E-state index in [0.29, 0.717) is 17.7 Å². The van der Waals surface area contributed by atoms with Gasteiger partial charge in [0.05, 0.1) is 16.2 Å². The second-order valence-electron chi connectivity index (χ2n) is 7.42. The van der Waals surface area contributed by atoms with E-state index in [2.05, 4.69) is 15.9 Å². The monoisotopic (exact) mass is 508 g/mol. The van der Waals surface area contributed by atoms with Crippen LogP contribution in [-0.4, -0.2) is 46.2 Å². The van der Waals surface area contributed by atoms with Crippen molar-refractivity contribution in [2.45, 2.75) is 45.1 Å². The molecule has 2 heterocycles. The maximum absolute atomic E-state index is 13.1. The quantitative estimate of drug-likeness (QED) is 0.343. The summed E-state index contributed by atoms with van der Waals surface area (Å²) in [5, 5.41) is 0. The van der Waals surface area contributed by atoms with Crippen molar-refractivity contribution in [1.29, 1.82) is 0 Å². The molecule has 1 aliphatic carbocycles. The summed E-state index contributed by atoms with van der Waals surface area (Å²) in [4.78, 5) is 41.8. The third kappa shape index (κ3) is 3.94. The Kier molecular flexibility index (Phi) is 6.31. The predicted molar refractivity (Wildman–Crippen MR) is 124 cm³/mol. The Balaban J connectivity index is 1.59. The van der Waals surface area contributed by atoms with Gasteiger partial charge >= 0.3 is 5.97 Å². The average Bonchev–Trinajstić information content (AvgIpc) is 3.15. The molecule has 0 unspecified atom stereocenters. The van der Waals surface area contributed by atoms with Gasteiger partial charge in [0.25, 0.3) is 11.8 Å². The van der Waals surface area contributed by atoms with Gasteiger partial charge in [-0.15, -0.1) is 0 Å². The molecule has 0 spiro atoms. The normalized spacial score (nSPS) is 22.1. The molecule has 3 aliphatic rings. The number of esters is 1. The number of nitrogens with zero attached hydrogens (tertiary/aromatic N) is 2. The second kappa shape index (κ2) is 8.80. The number of likely N-dealkylation sites (N-methyl/N-ethyl adjacent to an activating group) is 1. The highest BCUT2D eigenvalue weighted by Crippen LogP contribution is 2.45. The van der Waals surface area contributed by atoms with E-state index in [1.165, 1.54) is 4.90 Å². The lowest BCUT2D eigenvalue weighted by Gasteiger charge is -2.23. The SMILES string of the molecule is CCN1C(=O)C(=C2SC(=S)N(CC(=O)OC3CCCCC3)C2=O)c2cc(Br)ccc21. The Labute approximate surface area is 193 Å². The minimum Gasteiger partial charge on any atom is -0.461 e. The molecule has 9 heteroatoms. The van der Waals surface area contributed by atoms with E-state index >= 15 is 0 Å². The van der Waals surface area contributed by atoms with Gasteiger partial charge in [0, 0.05) is 16.6 Å². The first kappa shape index (κ1) is 21.5. The van der Waals surface area contributed by atoms with Crippen molar-refractivity contribution in [3.63, 3.8) is 0 Å². The molecule has 2 aliphatic heterocycles. The van der Waals surface area contributed by atoms with Crippen LogP contribution >= 0.6 is 39.9 Å². The van der Waals surface area contributed by atoms with Crippen LogP contribution in [0.5, 0.6) is 0 Å². The number of hydrogen-bond donors (Lipinski definition) is 0. The summed E-state index contributed by atoms with van der Waals surface area (Å²) in [5.74, 6) is -1.10. The zero-order chi connectivity index (χ0) is 21.4. The van der Waals surface area contributed by atoms with Crippen molar-refractivity contribution in [2.24, 2.45) is 0 Å². The number of anilines is 1. The van der Waals surface area contributed by atoms with Crippen LogP contribution < -0.4 is 4.90 Å². The number of ether oxygens (including phenoxy) is 1. The van der Waals surface area contributed by atoms with Gasteiger partial charge in [-0.25, -0.2) is 0 Å². The van der Waals surface area contributed by atoms with E-state index in [4.69, 9.17) is 17.0 Å². The van der Waals surface area contributed by atoms with Crippen molar-refractivity contribution in [3.05, 3.63) is 33.1 Å². The smallest absolute Gasteiger partial charge is 0.326 e. The standard InChI is InChI=1S/C21H21BrN2O4S2/c1-2-23-15-9-8-12(22)10-14(15)17(19(23)26)18-20(27)24(21(29)30-18)11-16(25)28-13-6-4-3-5-7-13/h8-10,13H,2-7,11H2,1H3. The van der Waals surface area contributed by atoms with Gasteiger partial charge in [0.15, 0.2) is 0 Å². The maximum Gasteiger partial charge on any atom is 0.326 e. The summed E-state index contributed by atoms with van der Waals surface area (Å²) in [6, 6.07) is 5.56. The first-order valence-corrected chi connectivity index (χ1v) is 12.0. The van der Waals surface area contributed by atoms with E-state index < -0.39 is 11.9 Å². The molecule has 30 heavy (non-hydrogen) atoms. The molecule has 1 aromatic rings. The minimum atomic E-state index is -0.458. The van der Waals surface area contributed by atoms with Crippen LogP contribution in [0.1, 0.15) is 44.6 Å². The lowest BCUT2D eigenvalue weighted by molar-refractivity contribution is -0.152. The summed E-state index contributed by atoms with van der Waals surface area (Å²) in [5.41, 5.74) is 1.80. The highest BCUT2D eigenvalue weighted by molar-refractivity contribution is 9.10. The van der Waals surface area contributed by atoms with Crippen LogP contribution in [0.4, 0.5) is 5.69 Å². The number of hydrogen-bond acceptors (Lipinski definition) is 6. The van der Waals surface area contributed by atoms with Crippen molar-refractivity contribution in [2.75, 3.05) is 18.0 Å². The number of amides is 2. The van der Waals surface area contributed by atoms with E-state index in [9.17, 15) is 14.4 Å². The zero-order valence-corrected chi connectivity index (χ0v) is 19.7. The summed E-state index contributed by atoms with van der Waals surface area (Å²) in [7, 11) is 0. The van der Waals surface area contributed by atoms with Gasteiger partial charge in [-0.1, -0.05) is 46.3 Å². The molecule has 2 fully saturated rings. The highest BCUT2D eigenvalue weighted by atomic mass is 79.9. The largest absolute Gasteiger partial charge is 0.461 e. The fourth-order valence-corrected chi connectivity index (χ4v) is 5.75. The molecular weight excluding hydrogens is 488 g/mol. The van der Waals surface area contributed by atoms with E-state index in [-0.39, 0.29) is 27.8 Å². The molecule has 0 aromatic heterocycles. The summed E-state index contributed by atoms with van der Waals surface area (Å²) in [6.45, 7) is 2.15. The van der Waals surface area contributed by atoms with Gasteiger partial charge in [0.2, 0.25) is 0 Å². The van der Waals surface area contributed by atoms with Crippen LogP contribution in [0.25, 0.3) is 5.57 Å². The Morgan fingerprint density at radius 1 is 1.20 bits per heavy atom. The lowest BCUT2D eigenvalue weighted by atomic mass is 9.98. The fraction of sp³-hybridized carbons (Fsp3) is 0.429. The van der Waals surface area contributed by atoms with Crippen LogP contribution in [0.2, 0.25) is 0 Å². The molecule has 2 amide bonds. The number of fused-ring (bicyclic) bond motifs is 1. The number of thiocarbonyl (C=S) groups is 1. The van der Waals surface area contributed by atoms with Gasteiger partial charge in [-0.3, -0.25) is 19.3 Å². The minimum absolute atomic E-state index is 0.0817. The number of carbonyl (C=O) groups excluding carboxylic acids is 3. The molecule has 0 atom stereocenters. The van der Waals surface area contributed by atoms with Crippen molar-refractivity contribution < 1.29 is 19.1 Å². The predicted octanol–water partition coefficient (Wildman–Crippen LogP) is 4.26. The molecule has 0 N–H and O–H groups in total. The highest BCUT2D eigenvalue weighted by Gasteiger charge is 2.42. The van der Waals surface area contributed by atoms with Crippen molar-refractivity contribution in [3.8, 4) is 0 Å². The Bertz CT molecular complexity index is 972. The Hall–Kier alpha value is -1.71. The molecule has 0 bridgehead atoms. The van der Waals surface area contributed by atoms with Gasteiger partial charge in [-0.05, 0) is 50.8 Å². The van der Waals surface area contributed by atoms with Crippen LogP contribution in [0.15, 0.2) is 27.6 Å². The van der Waals surface area contributed by atoms with Gasteiger partial charge in [0.1, 0.15) is 17.0 Å². The van der Waals surface area contributed by atoms with E-state index in [0.717, 1.165) is 54.0 Å². The van der Waals surface area contributed by atoms with E-state index in [1.807, 2.05) is 25.1 Å². The summed E-state index contributed by atoms with van der Waals surface area (Å²) >= 11 is 9.88. The number of benzene rings is 1. The summed E-state index contributed by atoms with van der Waals surface area (Å²) < 4.78 is 6.62. The molecular formula is C21H21BrN2O4S2. The fourth-order valence-electron chi connectivity index (χ4n) is 4.06. The van der Waals surface area contributed by atoms with Gasteiger partial charge in [-0.2, -0.15) is 0 Å². The van der Waals surface area contributed by atoms with E-state index in [1.54, 1.807) is 4.90 Å². The summed E-state index contributed by atoms with van der Waals surface area (Å²) in [6.07, 6.45) is 4.91. The Morgan fingerprint density at radius 3 is 2.63 bits per heavy atom. The van der Waals surface area contributed by atoms with Crippen LogP contribution in [0.3, 0.4) is 0 Å². The zero-order valence-electron chi connectivity index (χ0n) is 16.5. The van der Waals surface area contributed by atoms with Crippen molar-refractivity contribution >= 4 is 73.3 Å². The van der Waals surface area contributed by atoms with Gasteiger partial charge < -0.3 is 9.64 Å². The maximum atomic E-state index is 13.1. The third-order valence-corrected chi connectivity index (χ3v) is 7.45. The number of rotatable bonds is 4. The third-order valence-electron chi connectivity index (χ3n) is 5.51. The van der Waals surface area contributed by atoms with Crippen LogP contribution in [-0.2, 0) is 19.1 Å². The first-order valence-electron chi connectivity index (χ1n) is 10.00. The molecule has 6 nitrogen and oxygen atoms in total. The number of thioether (sulfide) groups is 1. The first-order chi connectivity index (χ1) is 14.4. The molecule has 0 radical (unpaired) electrons. The van der Waals surface area contributed by atoms with Crippen molar-refractivity contribution in [1.82, 2.24) is 4.90 Å². The lowest BCUT2D eigenvalue weighted by Crippen LogP contribution is -2.36.